The first-order valence-corrected chi connectivity index (χ1v) is 5.19. The highest BCUT2D eigenvalue weighted by atomic mass is 16.6. The molecule has 1 aliphatic heterocycles. The van der Waals surface area contributed by atoms with Gasteiger partial charge in [-0.05, 0) is 19.8 Å². The van der Waals surface area contributed by atoms with Gasteiger partial charge in [-0.25, -0.2) is 4.79 Å². The van der Waals surface area contributed by atoms with Crippen LogP contribution in [-0.2, 0) is 14.3 Å². The summed E-state index contributed by atoms with van der Waals surface area (Å²) in [6.45, 7) is 5.22. The van der Waals surface area contributed by atoms with E-state index in [4.69, 9.17) is 9.47 Å². The fraction of sp³-hybridized carbons (Fsp3) is 0.727. The summed E-state index contributed by atoms with van der Waals surface area (Å²) in [5.74, 6) is -0.195. The summed E-state index contributed by atoms with van der Waals surface area (Å²) < 4.78 is 10.1. The van der Waals surface area contributed by atoms with E-state index in [0.717, 1.165) is 25.9 Å². The molecule has 1 unspecified atom stereocenters. The Labute approximate surface area is 85.1 Å². The number of carbonyl (C=O) groups excluding carboxylic acids is 1. The number of hydrogen-bond acceptors (Lipinski definition) is 3. The van der Waals surface area contributed by atoms with E-state index in [1.807, 2.05) is 6.08 Å². The second-order valence-electron chi connectivity index (χ2n) is 3.57. The Morgan fingerprint density at radius 2 is 2.36 bits per heavy atom. The van der Waals surface area contributed by atoms with Crippen LogP contribution < -0.4 is 0 Å². The number of carbonyl (C=O) groups is 1. The van der Waals surface area contributed by atoms with Gasteiger partial charge in [-0.3, -0.25) is 0 Å². The predicted octanol–water partition coefficient (Wildman–Crippen LogP) is 2.06. The second kappa shape index (κ2) is 5.81. The van der Waals surface area contributed by atoms with Gasteiger partial charge in [0, 0.05) is 5.57 Å². The van der Waals surface area contributed by atoms with Gasteiger partial charge in [0.2, 0.25) is 0 Å². The van der Waals surface area contributed by atoms with Gasteiger partial charge >= 0.3 is 5.97 Å². The monoisotopic (exact) mass is 198 g/mol. The first-order chi connectivity index (χ1) is 6.74. The fourth-order valence-electron chi connectivity index (χ4n) is 1.02. The molecule has 1 rings (SSSR count). The van der Waals surface area contributed by atoms with Crippen LogP contribution >= 0.6 is 0 Å². The summed E-state index contributed by atoms with van der Waals surface area (Å²) in [6.07, 6.45) is 5.05. The Bertz CT molecular complexity index is 217. The van der Waals surface area contributed by atoms with Crippen molar-refractivity contribution in [1.82, 2.24) is 0 Å². The summed E-state index contributed by atoms with van der Waals surface area (Å²) >= 11 is 0. The van der Waals surface area contributed by atoms with Crippen molar-refractivity contribution in [2.75, 3.05) is 13.2 Å². The van der Waals surface area contributed by atoms with Crippen LogP contribution in [0.25, 0.3) is 0 Å². The molecule has 0 amide bonds. The van der Waals surface area contributed by atoms with Crippen molar-refractivity contribution in [2.24, 2.45) is 0 Å². The Kier molecular flexibility index (Phi) is 4.66. The van der Waals surface area contributed by atoms with E-state index in [1.54, 1.807) is 6.92 Å². The molecule has 1 aliphatic rings. The Balaban J connectivity index is 2.16. The lowest BCUT2D eigenvalue weighted by Crippen LogP contribution is -2.07. The first-order valence-electron chi connectivity index (χ1n) is 5.19. The van der Waals surface area contributed by atoms with E-state index in [1.165, 1.54) is 0 Å². The van der Waals surface area contributed by atoms with Crippen LogP contribution in [0, 0.1) is 0 Å². The molecule has 0 aromatic rings. The molecule has 0 bridgehead atoms. The molecule has 0 aromatic carbocycles. The van der Waals surface area contributed by atoms with Crippen LogP contribution in [0.15, 0.2) is 11.6 Å². The van der Waals surface area contributed by atoms with Crippen LogP contribution in [0.3, 0.4) is 0 Å². The fourth-order valence-corrected chi connectivity index (χ4v) is 1.02. The van der Waals surface area contributed by atoms with Crippen molar-refractivity contribution in [3.63, 3.8) is 0 Å². The Morgan fingerprint density at radius 3 is 2.93 bits per heavy atom. The van der Waals surface area contributed by atoms with Crippen molar-refractivity contribution < 1.29 is 14.3 Å². The zero-order valence-corrected chi connectivity index (χ0v) is 8.91. The molecule has 1 atom stereocenters. The molecule has 3 nitrogen and oxygen atoms in total. The highest BCUT2D eigenvalue weighted by molar-refractivity contribution is 5.87. The minimum absolute atomic E-state index is 0.195. The summed E-state index contributed by atoms with van der Waals surface area (Å²) in [4.78, 5) is 11.3. The third-order valence-electron chi connectivity index (χ3n) is 2.14. The highest BCUT2D eigenvalue weighted by Crippen LogP contribution is 2.15. The maximum atomic E-state index is 11.3. The van der Waals surface area contributed by atoms with Crippen molar-refractivity contribution >= 4 is 5.97 Å². The van der Waals surface area contributed by atoms with Gasteiger partial charge < -0.3 is 9.47 Å². The SMILES string of the molecule is CCCCOC(=O)/C(C)=C/CC1CO1. The quantitative estimate of drug-likeness (QED) is 0.284. The van der Waals surface area contributed by atoms with Gasteiger partial charge in [0.1, 0.15) is 0 Å². The number of rotatable bonds is 6. The summed E-state index contributed by atoms with van der Waals surface area (Å²) in [5.41, 5.74) is 0.691. The lowest BCUT2D eigenvalue weighted by molar-refractivity contribution is -0.139. The van der Waals surface area contributed by atoms with E-state index in [2.05, 4.69) is 6.92 Å². The molecule has 1 heterocycles. The van der Waals surface area contributed by atoms with Crippen molar-refractivity contribution in [3.8, 4) is 0 Å². The number of epoxide rings is 1. The van der Waals surface area contributed by atoms with Gasteiger partial charge in [0.05, 0.1) is 19.3 Å². The zero-order valence-electron chi connectivity index (χ0n) is 8.91. The van der Waals surface area contributed by atoms with Crippen molar-refractivity contribution in [2.45, 2.75) is 39.2 Å². The maximum Gasteiger partial charge on any atom is 0.333 e. The molecule has 0 N–H and O–H groups in total. The Hall–Kier alpha value is -0.830. The van der Waals surface area contributed by atoms with Crippen LogP contribution in [0.2, 0.25) is 0 Å². The molecule has 0 saturated carbocycles. The van der Waals surface area contributed by atoms with Crippen LogP contribution in [0.1, 0.15) is 33.1 Å². The average Bonchev–Trinajstić information content (AvgIpc) is 2.98. The Morgan fingerprint density at radius 1 is 1.64 bits per heavy atom. The smallest absolute Gasteiger partial charge is 0.333 e. The minimum Gasteiger partial charge on any atom is -0.462 e. The van der Waals surface area contributed by atoms with E-state index in [0.29, 0.717) is 18.3 Å². The maximum absolute atomic E-state index is 11.3. The molecular formula is C11H18O3. The normalized spacial score (nSPS) is 20.7. The third kappa shape index (κ3) is 4.42. The van der Waals surface area contributed by atoms with Crippen molar-refractivity contribution in [3.05, 3.63) is 11.6 Å². The summed E-state index contributed by atoms with van der Waals surface area (Å²) in [5, 5.41) is 0. The number of unbranched alkanes of at least 4 members (excludes halogenated alkanes) is 1. The standard InChI is InChI=1S/C11H18O3/c1-3-4-7-13-11(12)9(2)5-6-10-8-14-10/h5,10H,3-4,6-8H2,1-2H3/b9-5+. The van der Waals surface area contributed by atoms with E-state index >= 15 is 0 Å². The lowest BCUT2D eigenvalue weighted by atomic mass is 10.2. The van der Waals surface area contributed by atoms with Gasteiger partial charge in [0.25, 0.3) is 0 Å². The van der Waals surface area contributed by atoms with Gasteiger partial charge in [-0.15, -0.1) is 0 Å². The minimum atomic E-state index is -0.195. The molecule has 0 spiro atoms. The van der Waals surface area contributed by atoms with E-state index in [9.17, 15) is 4.79 Å². The predicted molar refractivity (Wildman–Crippen MR) is 54.0 cm³/mol. The van der Waals surface area contributed by atoms with Gasteiger partial charge in [0.15, 0.2) is 0 Å². The molecule has 14 heavy (non-hydrogen) atoms. The van der Waals surface area contributed by atoms with Crippen LogP contribution in [0.5, 0.6) is 0 Å². The highest BCUT2D eigenvalue weighted by Gasteiger charge is 2.21. The topological polar surface area (TPSA) is 38.8 Å². The van der Waals surface area contributed by atoms with Gasteiger partial charge in [-0.1, -0.05) is 19.4 Å². The molecule has 80 valence electrons. The first kappa shape index (κ1) is 11.2. The molecular weight excluding hydrogens is 180 g/mol. The molecule has 0 radical (unpaired) electrons. The van der Waals surface area contributed by atoms with Crippen molar-refractivity contribution in [1.29, 1.82) is 0 Å². The van der Waals surface area contributed by atoms with E-state index in [-0.39, 0.29) is 5.97 Å². The molecule has 0 aromatic heterocycles. The average molecular weight is 198 g/mol. The lowest BCUT2D eigenvalue weighted by Gasteiger charge is -2.03. The molecule has 1 fully saturated rings. The van der Waals surface area contributed by atoms with E-state index < -0.39 is 0 Å². The van der Waals surface area contributed by atoms with Crippen LogP contribution in [0.4, 0.5) is 0 Å². The summed E-state index contributed by atoms with van der Waals surface area (Å²) in [6, 6.07) is 0. The number of esters is 1. The molecule has 1 saturated heterocycles. The van der Waals surface area contributed by atoms with Crippen LogP contribution in [-0.4, -0.2) is 25.3 Å². The molecule has 0 aliphatic carbocycles. The summed E-state index contributed by atoms with van der Waals surface area (Å²) in [7, 11) is 0. The molecule has 3 heteroatoms. The second-order valence-corrected chi connectivity index (χ2v) is 3.57. The third-order valence-corrected chi connectivity index (χ3v) is 2.14. The zero-order chi connectivity index (χ0) is 10.4. The number of ether oxygens (including phenoxy) is 2. The van der Waals surface area contributed by atoms with Gasteiger partial charge in [-0.2, -0.15) is 0 Å². The largest absolute Gasteiger partial charge is 0.462 e. The number of hydrogen-bond donors (Lipinski definition) is 0.